The van der Waals surface area contributed by atoms with Crippen molar-refractivity contribution in [2.45, 2.75) is 12.5 Å². The van der Waals surface area contributed by atoms with Crippen molar-refractivity contribution in [3.63, 3.8) is 0 Å². The van der Waals surface area contributed by atoms with E-state index in [0.717, 1.165) is 5.56 Å². The number of hydrogen-bond donors (Lipinski definition) is 0. The molecule has 8 heteroatoms. The molecule has 0 fully saturated rings. The summed E-state index contributed by atoms with van der Waals surface area (Å²) in [6.45, 7) is 1.81. The van der Waals surface area contributed by atoms with Gasteiger partial charge in [-0.25, -0.2) is 0 Å². The van der Waals surface area contributed by atoms with Gasteiger partial charge in [0.2, 0.25) is 5.75 Å². The number of nitro groups is 1. The summed E-state index contributed by atoms with van der Waals surface area (Å²) in [5.41, 5.74) is 0.668. The molecule has 0 spiro atoms. The van der Waals surface area contributed by atoms with Crippen LogP contribution in [0, 0.1) is 10.1 Å². The number of methoxy groups -OCH3 is 3. The molecule has 0 radical (unpaired) electrons. The number of ether oxygens (including phenoxy) is 3. The van der Waals surface area contributed by atoms with E-state index in [0.29, 0.717) is 21.6 Å². The van der Waals surface area contributed by atoms with Gasteiger partial charge in [-0.3, -0.25) is 10.1 Å². The minimum absolute atomic E-state index is 0.150. The zero-order valence-corrected chi connectivity index (χ0v) is 20.2. The average molecular weight is 440 g/mol. The van der Waals surface area contributed by atoms with Crippen LogP contribution in [0.1, 0.15) is 18.1 Å². The van der Waals surface area contributed by atoms with Crippen molar-refractivity contribution < 1.29 is 23.6 Å². The number of benzene rings is 3. The van der Waals surface area contributed by atoms with Crippen LogP contribution in [0.5, 0.6) is 17.2 Å². The van der Waals surface area contributed by atoms with E-state index < -0.39 is 10.5 Å². The van der Waals surface area contributed by atoms with E-state index in [-0.39, 0.29) is 28.5 Å². The van der Waals surface area contributed by atoms with Crippen LogP contribution in [-0.2, 0) is 10.0 Å². The second-order valence-electron chi connectivity index (χ2n) is 6.92. The summed E-state index contributed by atoms with van der Waals surface area (Å²) in [4.78, 5) is 12.1. The fourth-order valence-corrected chi connectivity index (χ4v) is 4.30. The van der Waals surface area contributed by atoms with E-state index in [1.165, 1.54) is 21.3 Å². The van der Waals surface area contributed by atoms with Gasteiger partial charge >= 0.3 is 0 Å². The molecule has 0 bridgehead atoms. The molecule has 0 aliphatic heterocycles. The molecule has 0 saturated heterocycles. The van der Waals surface area contributed by atoms with Crippen LogP contribution in [0.15, 0.2) is 60.7 Å². The number of nitro benzene ring substituents is 1. The Bertz CT molecular complexity index is 1070. The standard InChI is InChI=1S/C23H25NO6Si/c1-23(30-31,16-13-9-6-10-14-16)18-19(24(25)26)17(15-11-7-5-8-12-15)20(27-2)22(29-4)21(18)28-3/h5-14H,1-4,31H3. The third-order valence-corrected chi connectivity index (χ3v) is 6.22. The van der Waals surface area contributed by atoms with Gasteiger partial charge in [0.15, 0.2) is 11.5 Å². The van der Waals surface area contributed by atoms with Crippen LogP contribution in [0.4, 0.5) is 5.69 Å². The highest BCUT2D eigenvalue weighted by molar-refractivity contribution is 5.99. The van der Waals surface area contributed by atoms with Gasteiger partial charge in [0.05, 0.1) is 26.3 Å². The maximum absolute atomic E-state index is 12.6. The molecule has 162 valence electrons. The largest absolute Gasteiger partial charge is 0.492 e. The maximum Gasteiger partial charge on any atom is 0.291 e. The normalized spacial score (nSPS) is 12.8. The Hall–Kier alpha value is -3.36. The Balaban J connectivity index is 2.58. The maximum atomic E-state index is 12.6. The lowest BCUT2D eigenvalue weighted by atomic mass is 9.83. The third-order valence-electron chi connectivity index (χ3n) is 5.41. The van der Waals surface area contributed by atoms with Gasteiger partial charge in [-0.1, -0.05) is 60.7 Å². The van der Waals surface area contributed by atoms with Crippen LogP contribution >= 0.6 is 0 Å². The highest BCUT2D eigenvalue weighted by atomic mass is 28.2. The first-order chi connectivity index (χ1) is 14.9. The summed E-state index contributed by atoms with van der Waals surface area (Å²) in [5, 5.41) is 12.6. The predicted octanol–water partition coefficient (Wildman–Crippen LogP) is 3.85. The molecule has 31 heavy (non-hydrogen) atoms. The Kier molecular flexibility index (Phi) is 6.62. The molecular formula is C23H25NO6Si. The van der Waals surface area contributed by atoms with Crippen molar-refractivity contribution >= 4 is 16.2 Å². The zero-order valence-electron chi connectivity index (χ0n) is 18.2. The van der Waals surface area contributed by atoms with Crippen LogP contribution < -0.4 is 14.2 Å². The summed E-state index contributed by atoms with van der Waals surface area (Å²) in [6.07, 6.45) is 0. The fraction of sp³-hybridized carbons (Fsp3) is 0.217. The van der Waals surface area contributed by atoms with Crippen molar-refractivity contribution in [1.82, 2.24) is 0 Å². The van der Waals surface area contributed by atoms with Crippen LogP contribution in [0.2, 0.25) is 0 Å². The first-order valence-electron chi connectivity index (χ1n) is 9.61. The first kappa shape index (κ1) is 22.3. The molecule has 1 unspecified atom stereocenters. The van der Waals surface area contributed by atoms with Crippen molar-refractivity contribution in [2.75, 3.05) is 21.3 Å². The van der Waals surface area contributed by atoms with E-state index in [1.807, 2.05) is 48.5 Å². The Labute approximate surface area is 184 Å². The molecule has 3 aromatic carbocycles. The summed E-state index contributed by atoms with van der Waals surface area (Å²) in [6, 6.07) is 18.4. The van der Waals surface area contributed by atoms with Gasteiger partial charge in [-0.2, -0.15) is 0 Å². The molecule has 0 saturated carbocycles. The Morgan fingerprint density at radius 1 is 0.839 bits per heavy atom. The molecule has 0 aliphatic rings. The van der Waals surface area contributed by atoms with Gasteiger partial charge in [0.25, 0.3) is 5.69 Å². The smallest absolute Gasteiger partial charge is 0.291 e. The van der Waals surface area contributed by atoms with Crippen molar-refractivity contribution in [3.05, 3.63) is 81.9 Å². The van der Waals surface area contributed by atoms with Gasteiger partial charge in [-0.15, -0.1) is 0 Å². The quantitative estimate of drug-likeness (QED) is 0.301. The lowest BCUT2D eigenvalue weighted by molar-refractivity contribution is -0.385. The van der Waals surface area contributed by atoms with Gasteiger partial charge < -0.3 is 18.6 Å². The monoisotopic (exact) mass is 439 g/mol. The highest BCUT2D eigenvalue weighted by Gasteiger charge is 2.44. The summed E-state index contributed by atoms with van der Waals surface area (Å²) < 4.78 is 23.0. The molecule has 1 atom stereocenters. The summed E-state index contributed by atoms with van der Waals surface area (Å²) in [7, 11) is 4.71. The second kappa shape index (κ2) is 9.19. The van der Waals surface area contributed by atoms with E-state index in [9.17, 15) is 10.1 Å². The molecule has 0 aromatic heterocycles. The number of rotatable bonds is 8. The van der Waals surface area contributed by atoms with E-state index in [4.69, 9.17) is 18.6 Å². The summed E-state index contributed by atoms with van der Waals surface area (Å²) in [5.74, 6) is 0.697. The SMILES string of the molecule is COc1c(OC)c(-c2ccccc2)c([N+](=O)[O-])c(C(C)(O[SiH3])c2ccccc2)c1OC. The highest BCUT2D eigenvalue weighted by Crippen LogP contribution is 2.57. The molecule has 0 aliphatic carbocycles. The van der Waals surface area contributed by atoms with Gasteiger partial charge in [-0.05, 0) is 18.1 Å². The van der Waals surface area contributed by atoms with E-state index in [2.05, 4.69) is 0 Å². The van der Waals surface area contributed by atoms with Crippen molar-refractivity contribution in [1.29, 1.82) is 0 Å². The van der Waals surface area contributed by atoms with E-state index in [1.54, 1.807) is 19.1 Å². The van der Waals surface area contributed by atoms with Crippen LogP contribution in [-0.4, -0.2) is 36.7 Å². The molecular weight excluding hydrogens is 414 g/mol. The molecule has 3 rings (SSSR count). The molecule has 0 heterocycles. The molecule has 0 amide bonds. The third kappa shape index (κ3) is 3.75. The number of hydrogen-bond acceptors (Lipinski definition) is 6. The molecule has 3 aromatic rings. The van der Waals surface area contributed by atoms with Gasteiger partial charge in [0, 0.05) is 0 Å². The Morgan fingerprint density at radius 3 is 1.81 bits per heavy atom. The van der Waals surface area contributed by atoms with E-state index >= 15 is 0 Å². The molecule has 7 nitrogen and oxygen atoms in total. The average Bonchev–Trinajstić information content (AvgIpc) is 2.82. The molecule has 0 N–H and O–H groups in total. The second-order valence-corrected chi connectivity index (χ2v) is 7.33. The lowest BCUT2D eigenvalue weighted by Gasteiger charge is -2.32. The topological polar surface area (TPSA) is 80.1 Å². The summed E-state index contributed by atoms with van der Waals surface area (Å²) >= 11 is 0. The first-order valence-corrected chi connectivity index (χ1v) is 10.4. The minimum Gasteiger partial charge on any atom is -0.492 e. The number of nitrogens with zero attached hydrogens (tertiary/aromatic N) is 1. The lowest BCUT2D eigenvalue weighted by Crippen LogP contribution is -2.29. The Morgan fingerprint density at radius 2 is 1.35 bits per heavy atom. The minimum atomic E-state index is -1.15. The zero-order chi connectivity index (χ0) is 22.6. The van der Waals surface area contributed by atoms with Crippen LogP contribution in [0.25, 0.3) is 11.1 Å². The van der Waals surface area contributed by atoms with Gasteiger partial charge in [0.1, 0.15) is 27.2 Å². The van der Waals surface area contributed by atoms with Crippen LogP contribution in [0.3, 0.4) is 0 Å². The van der Waals surface area contributed by atoms with Crippen molar-refractivity contribution in [3.8, 4) is 28.4 Å². The predicted molar refractivity (Wildman–Crippen MR) is 122 cm³/mol. The fourth-order valence-electron chi connectivity index (χ4n) is 3.86. The van der Waals surface area contributed by atoms with Crippen molar-refractivity contribution in [2.24, 2.45) is 0 Å².